The van der Waals surface area contributed by atoms with Gasteiger partial charge >= 0.3 is 6.03 Å². The van der Waals surface area contributed by atoms with Crippen LogP contribution in [0.5, 0.6) is 0 Å². The van der Waals surface area contributed by atoms with E-state index in [1.807, 2.05) is 13.8 Å². The molecule has 0 saturated carbocycles. The van der Waals surface area contributed by atoms with Gasteiger partial charge in [0.05, 0.1) is 18.4 Å². The highest BCUT2D eigenvalue weighted by Gasteiger charge is 2.20. The largest absolute Gasteiger partial charge is 0.387 e. The highest BCUT2D eigenvalue weighted by Crippen LogP contribution is 2.18. The number of anilines is 1. The number of halogens is 1. The molecule has 0 bridgehead atoms. The molecule has 2 amide bonds. The molecular weight excluding hydrogens is 395 g/mol. The number of hydrogen-bond acceptors (Lipinski definition) is 4. The molecule has 2 rings (SSSR count). The fourth-order valence-electron chi connectivity index (χ4n) is 2.92. The van der Waals surface area contributed by atoms with E-state index >= 15 is 0 Å². The standard InChI is InChI=1S/C21H27FN2O4S/c1-15(2)12-24(13-20(25)17-7-9-18(22)10-8-17)21(26)23-19-6-4-5-16(11-19)14-29(3,27)28/h4-11,15,20,25H,12-14H2,1-3H3,(H,23,26)/t20-/m1/s1. The summed E-state index contributed by atoms with van der Waals surface area (Å²) in [4.78, 5) is 14.3. The van der Waals surface area contributed by atoms with Crippen LogP contribution in [0.2, 0.25) is 0 Å². The SMILES string of the molecule is CC(C)CN(C[C@@H](O)c1ccc(F)cc1)C(=O)Nc1cccc(CS(C)(=O)=O)c1. The van der Waals surface area contributed by atoms with Gasteiger partial charge in [0.2, 0.25) is 0 Å². The lowest BCUT2D eigenvalue weighted by molar-refractivity contribution is 0.121. The Morgan fingerprint density at radius 1 is 1.14 bits per heavy atom. The molecule has 0 aliphatic carbocycles. The maximum Gasteiger partial charge on any atom is 0.321 e. The quantitative estimate of drug-likeness (QED) is 0.681. The van der Waals surface area contributed by atoms with Crippen LogP contribution in [0.25, 0.3) is 0 Å². The Balaban J connectivity index is 2.12. The third kappa shape index (κ3) is 7.83. The number of carbonyl (C=O) groups excluding carboxylic acids is 1. The van der Waals surface area contributed by atoms with E-state index in [1.165, 1.54) is 29.2 Å². The van der Waals surface area contributed by atoms with Crippen molar-refractivity contribution in [3.05, 3.63) is 65.5 Å². The molecule has 1 atom stereocenters. The van der Waals surface area contributed by atoms with E-state index in [9.17, 15) is 22.7 Å². The normalized spacial score (nSPS) is 12.6. The van der Waals surface area contributed by atoms with Crippen molar-refractivity contribution >= 4 is 21.6 Å². The highest BCUT2D eigenvalue weighted by atomic mass is 32.2. The van der Waals surface area contributed by atoms with Gasteiger partial charge in [-0.3, -0.25) is 0 Å². The first kappa shape index (κ1) is 22.8. The Bertz CT molecular complexity index is 930. The van der Waals surface area contributed by atoms with E-state index in [1.54, 1.807) is 24.3 Å². The molecule has 0 aromatic heterocycles. The summed E-state index contributed by atoms with van der Waals surface area (Å²) in [6, 6.07) is 11.7. The molecule has 0 spiro atoms. The molecule has 158 valence electrons. The number of nitrogens with zero attached hydrogens (tertiary/aromatic N) is 1. The molecule has 6 nitrogen and oxygen atoms in total. The molecule has 0 unspecified atom stereocenters. The highest BCUT2D eigenvalue weighted by molar-refractivity contribution is 7.89. The number of amides is 2. The zero-order valence-corrected chi connectivity index (χ0v) is 17.6. The topological polar surface area (TPSA) is 86.7 Å². The number of aliphatic hydroxyl groups excluding tert-OH is 1. The van der Waals surface area contributed by atoms with Gasteiger partial charge in [-0.25, -0.2) is 17.6 Å². The molecule has 29 heavy (non-hydrogen) atoms. The summed E-state index contributed by atoms with van der Waals surface area (Å²) in [5.74, 6) is -0.347. The maximum absolute atomic E-state index is 13.1. The van der Waals surface area contributed by atoms with E-state index in [0.717, 1.165) is 6.26 Å². The monoisotopic (exact) mass is 422 g/mol. The van der Waals surface area contributed by atoms with E-state index in [-0.39, 0.29) is 18.2 Å². The molecule has 2 aromatic carbocycles. The number of hydrogen-bond donors (Lipinski definition) is 2. The van der Waals surface area contributed by atoms with Crippen LogP contribution in [0.3, 0.4) is 0 Å². The Morgan fingerprint density at radius 2 is 1.79 bits per heavy atom. The predicted molar refractivity (Wildman–Crippen MR) is 112 cm³/mol. The first-order valence-corrected chi connectivity index (χ1v) is 11.4. The predicted octanol–water partition coefficient (Wildman–Crippen LogP) is 3.59. The molecule has 0 aliphatic heterocycles. The van der Waals surface area contributed by atoms with Crippen LogP contribution in [-0.4, -0.2) is 43.8 Å². The fourth-order valence-corrected chi connectivity index (χ4v) is 3.71. The third-order valence-electron chi connectivity index (χ3n) is 4.13. The first-order chi connectivity index (χ1) is 13.5. The molecule has 0 aliphatic rings. The average Bonchev–Trinajstić information content (AvgIpc) is 2.60. The van der Waals surface area contributed by atoms with Gasteiger partial charge in [-0.05, 0) is 41.3 Å². The van der Waals surface area contributed by atoms with Crippen LogP contribution < -0.4 is 5.32 Å². The van der Waals surface area contributed by atoms with Crippen LogP contribution in [-0.2, 0) is 15.6 Å². The Kier molecular flexibility index (Phi) is 7.75. The lowest BCUT2D eigenvalue weighted by atomic mass is 10.1. The van der Waals surface area contributed by atoms with Crippen LogP contribution in [0, 0.1) is 11.7 Å². The average molecular weight is 423 g/mol. The first-order valence-electron chi connectivity index (χ1n) is 9.29. The van der Waals surface area contributed by atoms with Crippen LogP contribution in [0.4, 0.5) is 14.9 Å². The summed E-state index contributed by atoms with van der Waals surface area (Å²) < 4.78 is 36.1. The minimum Gasteiger partial charge on any atom is -0.387 e. The molecule has 2 aromatic rings. The summed E-state index contributed by atoms with van der Waals surface area (Å²) >= 11 is 0. The van der Waals surface area contributed by atoms with Gasteiger partial charge < -0.3 is 15.3 Å². The summed E-state index contributed by atoms with van der Waals surface area (Å²) in [6.07, 6.45) is 0.191. The lowest BCUT2D eigenvalue weighted by Gasteiger charge is -2.27. The molecule has 0 heterocycles. The van der Waals surface area contributed by atoms with Crippen molar-refractivity contribution in [1.82, 2.24) is 4.90 Å². The van der Waals surface area contributed by atoms with Gasteiger partial charge in [0, 0.05) is 18.5 Å². The van der Waals surface area contributed by atoms with Crippen LogP contribution in [0.15, 0.2) is 48.5 Å². The van der Waals surface area contributed by atoms with Crippen LogP contribution in [0.1, 0.15) is 31.1 Å². The van der Waals surface area contributed by atoms with E-state index in [0.29, 0.717) is 23.4 Å². The minimum absolute atomic E-state index is 0.0404. The Morgan fingerprint density at radius 3 is 2.38 bits per heavy atom. The van der Waals surface area contributed by atoms with Crippen molar-refractivity contribution < 1.29 is 22.7 Å². The van der Waals surface area contributed by atoms with Gasteiger partial charge in [-0.2, -0.15) is 0 Å². The van der Waals surface area contributed by atoms with Gasteiger partial charge in [0.1, 0.15) is 5.82 Å². The Labute approximate surface area is 171 Å². The van der Waals surface area contributed by atoms with Crippen molar-refractivity contribution in [2.45, 2.75) is 25.7 Å². The molecule has 8 heteroatoms. The molecular formula is C21H27FN2O4S. The van der Waals surface area contributed by atoms with E-state index in [4.69, 9.17) is 0 Å². The lowest BCUT2D eigenvalue weighted by Crippen LogP contribution is -2.40. The van der Waals surface area contributed by atoms with E-state index < -0.39 is 27.8 Å². The number of rotatable bonds is 8. The maximum atomic E-state index is 13.1. The number of urea groups is 1. The van der Waals surface area contributed by atoms with Gasteiger partial charge in [0.25, 0.3) is 0 Å². The number of aliphatic hydroxyl groups is 1. The van der Waals surface area contributed by atoms with Crippen molar-refractivity contribution in [3.8, 4) is 0 Å². The molecule has 0 radical (unpaired) electrons. The third-order valence-corrected chi connectivity index (χ3v) is 4.99. The summed E-state index contributed by atoms with van der Waals surface area (Å²) in [7, 11) is -3.19. The molecule has 2 N–H and O–H groups in total. The zero-order valence-electron chi connectivity index (χ0n) is 16.8. The minimum atomic E-state index is -3.19. The number of benzene rings is 2. The summed E-state index contributed by atoms with van der Waals surface area (Å²) in [6.45, 7) is 4.36. The zero-order chi connectivity index (χ0) is 21.6. The van der Waals surface area contributed by atoms with Gasteiger partial charge in [-0.15, -0.1) is 0 Å². The summed E-state index contributed by atoms with van der Waals surface area (Å²) in [5, 5.41) is 13.2. The van der Waals surface area contributed by atoms with Crippen molar-refractivity contribution in [2.24, 2.45) is 5.92 Å². The van der Waals surface area contributed by atoms with Crippen molar-refractivity contribution in [2.75, 3.05) is 24.7 Å². The van der Waals surface area contributed by atoms with Crippen molar-refractivity contribution in [3.63, 3.8) is 0 Å². The molecule has 0 saturated heterocycles. The summed E-state index contributed by atoms with van der Waals surface area (Å²) in [5.41, 5.74) is 1.57. The number of carbonyl (C=O) groups is 1. The fraction of sp³-hybridized carbons (Fsp3) is 0.381. The smallest absolute Gasteiger partial charge is 0.321 e. The second-order valence-electron chi connectivity index (χ2n) is 7.57. The van der Waals surface area contributed by atoms with Gasteiger partial charge in [0.15, 0.2) is 9.84 Å². The van der Waals surface area contributed by atoms with E-state index in [2.05, 4.69) is 5.32 Å². The Hall–Kier alpha value is -2.45. The number of nitrogens with one attached hydrogen (secondary N) is 1. The number of sulfone groups is 1. The second-order valence-corrected chi connectivity index (χ2v) is 9.71. The van der Waals surface area contributed by atoms with Crippen LogP contribution >= 0.6 is 0 Å². The van der Waals surface area contributed by atoms with Crippen molar-refractivity contribution in [1.29, 1.82) is 0 Å². The molecule has 0 fully saturated rings. The second kappa shape index (κ2) is 9.84. The van der Waals surface area contributed by atoms with Gasteiger partial charge in [-0.1, -0.05) is 38.1 Å².